The van der Waals surface area contributed by atoms with Crippen molar-refractivity contribution in [3.8, 4) is 16.9 Å². The van der Waals surface area contributed by atoms with Gasteiger partial charge in [-0.25, -0.2) is 4.98 Å². The van der Waals surface area contributed by atoms with Crippen LogP contribution < -0.4 is 16.0 Å². The fourth-order valence-electron chi connectivity index (χ4n) is 2.45. The lowest BCUT2D eigenvalue weighted by Crippen LogP contribution is -2.30. The van der Waals surface area contributed by atoms with Crippen LogP contribution in [0, 0.1) is 6.92 Å². The van der Waals surface area contributed by atoms with E-state index < -0.39 is 5.91 Å². The highest BCUT2D eigenvalue weighted by Gasteiger charge is 2.16. The van der Waals surface area contributed by atoms with Crippen molar-refractivity contribution in [1.82, 2.24) is 9.55 Å². The van der Waals surface area contributed by atoms with Crippen molar-refractivity contribution in [1.29, 1.82) is 0 Å². The SMILES string of the molecule is COc1ccc(-c2csc3nc(C)n(CC(N)=O)c(=O)c23)cc1. The second kappa shape index (κ2) is 5.85. The Labute approximate surface area is 136 Å². The normalized spacial score (nSPS) is 10.9. The maximum Gasteiger partial charge on any atom is 0.263 e. The molecule has 1 amide bonds. The summed E-state index contributed by atoms with van der Waals surface area (Å²) < 4.78 is 6.46. The Morgan fingerprint density at radius 3 is 2.65 bits per heavy atom. The number of rotatable bonds is 4. The minimum absolute atomic E-state index is 0.175. The quantitative estimate of drug-likeness (QED) is 0.792. The molecule has 0 radical (unpaired) electrons. The van der Waals surface area contributed by atoms with E-state index >= 15 is 0 Å². The Kier molecular flexibility index (Phi) is 3.87. The summed E-state index contributed by atoms with van der Waals surface area (Å²) in [5.41, 5.74) is 6.66. The van der Waals surface area contributed by atoms with Crippen LogP contribution in [0.5, 0.6) is 5.75 Å². The van der Waals surface area contributed by atoms with E-state index in [9.17, 15) is 9.59 Å². The van der Waals surface area contributed by atoms with Gasteiger partial charge in [0.1, 0.15) is 22.9 Å². The number of hydrogen-bond donors (Lipinski definition) is 1. The van der Waals surface area contributed by atoms with Crippen LogP contribution in [0.2, 0.25) is 0 Å². The second-order valence-electron chi connectivity index (χ2n) is 5.07. The van der Waals surface area contributed by atoms with E-state index in [4.69, 9.17) is 10.5 Å². The van der Waals surface area contributed by atoms with Crippen LogP contribution in [0.3, 0.4) is 0 Å². The van der Waals surface area contributed by atoms with Crippen LogP contribution in [-0.2, 0) is 11.3 Å². The summed E-state index contributed by atoms with van der Waals surface area (Å²) in [6.45, 7) is 1.52. The molecule has 118 valence electrons. The fourth-order valence-corrected chi connectivity index (χ4v) is 3.43. The van der Waals surface area contributed by atoms with Gasteiger partial charge in [-0.2, -0.15) is 0 Å². The van der Waals surface area contributed by atoms with Gasteiger partial charge in [-0.15, -0.1) is 11.3 Å². The summed E-state index contributed by atoms with van der Waals surface area (Å²) in [7, 11) is 1.60. The Morgan fingerprint density at radius 1 is 1.35 bits per heavy atom. The number of hydrogen-bond acceptors (Lipinski definition) is 5. The van der Waals surface area contributed by atoms with Gasteiger partial charge < -0.3 is 10.5 Å². The molecule has 3 aromatic rings. The number of thiophene rings is 1. The third kappa shape index (κ3) is 2.70. The van der Waals surface area contributed by atoms with Gasteiger partial charge in [-0.05, 0) is 24.6 Å². The predicted octanol–water partition coefficient (Wildman–Crippen LogP) is 1.93. The zero-order chi connectivity index (χ0) is 16.6. The zero-order valence-electron chi connectivity index (χ0n) is 12.7. The number of methoxy groups -OCH3 is 1. The van der Waals surface area contributed by atoms with Gasteiger partial charge >= 0.3 is 0 Å². The third-order valence-corrected chi connectivity index (χ3v) is 4.47. The lowest BCUT2D eigenvalue weighted by Gasteiger charge is -2.08. The third-order valence-electron chi connectivity index (χ3n) is 3.60. The molecule has 2 N–H and O–H groups in total. The summed E-state index contributed by atoms with van der Waals surface area (Å²) in [5.74, 6) is 0.649. The number of nitrogens with two attached hydrogens (primary N) is 1. The van der Waals surface area contributed by atoms with Crippen molar-refractivity contribution in [3.63, 3.8) is 0 Å². The summed E-state index contributed by atoms with van der Waals surface area (Å²) >= 11 is 1.40. The van der Waals surface area contributed by atoms with E-state index in [1.54, 1.807) is 14.0 Å². The molecular formula is C16H15N3O3S. The van der Waals surface area contributed by atoms with Crippen molar-refractivity contribution in [2.45, 2.75) is 13.5 Å². The van der Waals surface area contributed by atoms with Crippen molar-refractivity contribution in [2.24, 2.45) is 5.73 Å². The summed E-state index contributed by atoms with van der Waals surface area (Å²) in [4.78, 5) is 29.0. The summed E-state index contributed by atoms with van der Waals surface area (Å²) in [6.07, 6.45) is 0. The predicted molar refractivity (Wildman–Crippen MR) is 89.8 cm³/mol. The number of aryl methyl sites for hydroxylation is 1. The minimum atomic E-state index is -0.572. The fraction of sp³-hybridized carbons (Fsp3) is 0.188. The van der Waals surface area contributed by atoms with Crippen LogP contribution in [0.4, 0.5) is 0 Å². The van der Waals surface area contributed by atoms with Gasteiger partial charge in [0, 0.05) is 10.9 Å². The molecule has 1 aromatic carbocycles. The van der Waals surface area contributed by atoms with Gasteiger partial charge in [0.25, 0.3) is 5.56 Å². The molecule has 0 aliphatic heterocycles. The van der Waals surface area contributed by atoms with Gasteiger partial charge in [-0.1, -0.05) is 12.1 Å². The molecule has 0 aliphatic rings. The van der Waals surface area contributed by atoms with E-state index in [0.29, 0.717) is 16.0 Å². The first-order valence-corrected chi connectivity index (χ1v) is 7.80. The Balaban J connectivity index is 2.22. The molecule has 0 aliphatic carbocycles. The number of primary amides is 1. The first-order valence-electron chi connectivity index (χ1n) is 6.92. The number of fused-ring (bicyclic) bond motifs is 1. The standard InChI is InChI=1S/C16H15N3O3S/c1-9-18-15-14(16(21)19(9)7-13(17)20)12(8-23-15)10-3-5-11(22-2)6-4-10/h3-6,8H,7H2,1-2H3,(H2,17,20). The molecule has 2 heterocycles. The molecule has 0 fully saturated rings. The molecule has 7 heteroatoms. The Morgan fingerprint density at radius 2 is 2.04 bits per heavy atom. The topological polar surface area (TPSA) is 87.2 Å². The van der Waals surface area contributed by atoms with E-state index in [1.807, 2.05) is 29.6 Å². The van der Waals surface area contributed by atoms with Crippen molar-refractivity contribution in [2.75, 3.05) is 7.11 Å². The van der Waals surface area contributed by atoms with E-state index in [1.165, 1.54) is 15.9 Å². The van der Waals surface area contributed by atoms with Crippen molar-refractivity contribution < 1.29 is 9.53 Å². The summed E-state index contributed by atoms with van der Waals surface area (Å²) in [6, 6.07) is 7.45. The molecule has 0 spiro atoms. The number of amides is 1. The number of aromatic nitrogens is 2. The molecule has 0 bridgehead atoms. The van der Waals surface area contributed by atoms with E-state index in [0.717, 1.165) is 16.9 Å². The highest BCUT2D eigenvalue weighted by molar-refractivity contribution is 7.17. The number of nitrogens with zero attached hydrogens (tertiary/aromatic N) is 2. The number of carbonyl (C=O) groups is 1. The van der Waals surface area contributed by atoms with Crippen LogP contribution >= 0.6 is 11.3 Å². The maximum atomic E-state index is 12.8. The average Bonchev–Trinajstić information content (AvgIpc) is 2.95. The average molecular weight is 329 g/mol. The molecule has 0 unspecified atom stereocenters. The zero-order valence-corrected chi connectivity index (χ0v) is 13.5. The first kappa shape index (κ1) is 15.2. The number of ether oxygens (including phenoxy) is 1. The van der Waals surface area contributed by atoms with Gasteiger partial charge in [0.05, 0.1) is 12.5 Å². The van der Waals surface area contributed by atoms with Gasteiger partial charge in [-0.3, -0.25) is 14.2 Å². The van der Waals surface area contributed by atoms with Crippen LogP contribution in [-0.4, -0.2) is 22.6 Å². The lowest BCUT2D eigenvalue weighted by atomic mass is 10.1. The maximum absolute atomic E-state index is 12.8. The second-order valence-corrected chi connectivity index (χ2v) is 5.93. The largest absolute Gasteiger partial charge is 0.497 e. The van der Waals surface area contributed by atoms with Crippen molar-refractivity contribution in [3.05, 3.63) is 45.8 Å². The van der Waals surface area contributed by atoms with Gasteiger partial charge in [0.2, 0.25) is 5.91 Å². The highest BCUT2D eigenvalue weighted by atomic mass is 32.1. The summed E-state index contributed by atoms with van der Waals surface area (Å²) in [5, 5.41) is 2.40. The molecule has 0 atom stereocenters. The minimum Gasteiger partial charge on any atom is -0.497 e. The molecular weight excluding hydrogens is 314 g/mol. The molecule has 2 aromatic heterocycles. The smallest absolute Gasteiger partial charge is 0.263 e. The van der Waals surface area contributed by atoms with Crippen LogP contribution in [0.15, 0.2) is 34.4 Å². The molecule has 6 nitrogen and oxygen atoms in total. The Hall–Kier alpha value is -2.67. The lowest BCUT2D eigenvalue weighted by molar-refractivity contribution is -0.118. The van der Waals surface area contributed by atoms with Crippen molar-refractivity contribution >= 4 is 27.5 Å². The molecule has 0 saturated carbocycles. The monoisotopic (exact) mass is 329 g/mol. The highest BCUT2D eigenvalue weighted by Crippen LogP contribution is 2.31. The van der Waals surface area contributed by atoms with Gasteiger partial charge in [0.15, 0.2) is 0 Å². The molecule has 3 rings (SSSR count). The van der Waals surface area contributed by atoms with E-state index in [-0.39, 0.29) is 12.1 Å². The molecule has 0 saturated heterocycles. The van der Waals surface area contributed by atoms with E-state index in [2.05, 4.69) is 4.98 Å². The number of benzene rings is 1. The molecule has 23 heavy (non-hydrogen) atoms. The number of carbonyl (C=O) groups excluding carboxylic acids is 1. The first-order chi connectivity index (χ1) is 11.0. The Bertz CT molecular complexity index is 942. The van der Waals surface area contributed by atoms with Crippen LogP contribution in [0.25, 0.3) is 21.3 Å². The van der Waals surface area contributed by atoms with Crippen LogP contribution in [0.1, 0.15) is 5.82 Å².